The summed E-state index contributed by atoms with van der Waals surface area (Å²) in [5.41, 5.74) is 0.877. The van der Waals surface area contributed by atoms with Crippen molar-refractivity contribution in [1.82, 2.24) is 0 Å². The Kier molecular flexibility index (Phi) is 3.86. The van der Waals surface area contributed by atoms with E-state index in [1.165, 1.54) is 6.26 Å². The second kappa shape index (κ2) is 4.78. The van der Waals surface area contributed by atoms with Gasteiger partial charge in [0.15, 0.2) is 9.84 Å². The van der Waals surface area contributed by atoms with Gasteiger partial charge in [-0.05, 0) is 31.0 Å². The molecule has 0 aliphatic rings. The number of hydrogen-bond donors (Lipinski definition) is 0. The van der Waals surface area contributed by atoms with Gasteiger partial charge in [-0.2, -0.15) is 0 Å². The molecule has 0 aromatic heterocycles. The van der Waals surface area contributed by atoms with E-state index in [2.05, 4.69) is 0 Å². The number of carbonyl (C=O) groups is 1. The van der Waals surface area contributed by atoms with E-state index in [0.29, 0.717) is 0 Å². The maximum atomic E-state index is 11.3. The molecule has 0 aliphatic carbocycles. The normalized spacial score (nSPS) is 13.4. The molecule has 0 saturated carbocycles. The van der Waals surface area contributed by atoms with Crippen LogP contribution in [0, 0.1) is 0 Å². The van der Waals surface area contributed by atoms with Crippen molar-refractivity contribution in [2.75, 3.05) is 6.26 Å². The van der Waals surface area contributed by atoms with E-state index in [9.17, 15) is 13.2 Å². The van der Waals surface area contributed by atoms with Crippen molar-refractivity contribution in [3.05, 3.63) is 29.8 Å². The van der Waals surface area contributed by atoms with Gasteiger partial charge < -0.3 is 0 Å². The molecule has 0 aliphatic heterocycles. The minimum Gasteiger partial charge on any atom is -0.299 e. The van der Waals surface area contributed by atoms with Gasteiger partial charge in [-0.3, -0.25) is 4.79 Å². The number of carbonyl (C=O) groups excluding carboxylic acids is 1. The lowest BCUT2D eigenvalue weighted by molar-refractivity contribution is -0.118. The average Bonchev–Trinajstić information content (AvgIpc) is 2.17. The van der Waals surface area contributed by atoms with E-state index in [1.807, 2.05) is 6.92 Å². The van der Waals surface area contributed by atoms with E-state index in [-0.39, 0.29) is 16.6 Å². The Morgan fingerprint density at radius 3 is 2.06 bits per heavy atom. The molecule has 0 bridgehead atoms. The summed E-state index contributed by atoms with van der Waals surface area (Å²) in [5, 5.41) is 0. The Morgan fingerprint density at radius 2 is 1.75 bits per heavy atom. The molecular formula is C12H16O3S. The van der Waals surface area contributed by atoms with Gasteiger partial charge >= 0.3 is 0 Å². The number of Topliss-reactive ketones (excluding diaryl/α,β-unsaturated/α-hetero) is 1. The Hall–Kier alpha value is -1.16. The SMILES string of the molecule is CCC(C(C)=O)c1ccc(S(C)(=O)=O)cc1. The fourth-order valence-corrected chi connectivity index (χ4v) is 2.34. The highest BCUT2D eigenvalue weighted by atomic mass is 32.2. The van der Waals surface area contributed by atoms with Crippen LogP contribution >= 0.6 is 0 Å². The van der Waals surface area contributed by atoms with E-state index in [0.717, 1.165) is 12.0 Å². The molecule has 0 N–H and O–H groups in total. The summed E-state index contributed by atoms with van der Waals surface area (Å²) in [4.78, 5) is 11.6. The number of hydrogen-bond acceptors (Lipinski definition) is 3. The molecule has 88 valence electrons. The van der Waals surface area contributed by atoms with E-state index in [1.54, 1.807) is 31.2 Å². The number of benzene rings is 1. The maximum absolute atomic E-state index is 11.3. The summed E-state index contributed by atoms with van der Waals surface area (Å²) in [7, 11) is -3.16. The van der Waals surface area contributed by atoms with Crippen molar-refractivity contribution in [2.24, 2.45) is 0 Å². The third-order valence-electron chi connectivity index (χ3n) is 2.61. The molecular weight excluding hydrogens is 224 g/mol. The smallest absolute Gasteiger partial charge is 0.175 e. The summed E-state index contributed by atoms with van der Waals surface area (Å²) in [6.07, 6.45) is 1.90. The minimum atomic E-state index is -3.16. The molecule has 0 spiro atoms. The van der Waals surface area contributed by atoms with Crippen molar-refractivity contribution >= 4 is 15.6 Å². The lowest BCUT2D eigenvalue weighted by Crippen LogP contribution is -2.07. The molecule has 0 radical (unpaired) electrons. The Labute approximate surface area is 96.4 Å². The van der Waals surface area contributed by atoms with Gasteiger partial charge in [0.25, 0.3) is 0 Å². The molecule has 16 heavy (non-hydrogen) atoms. The van der Waals surface area contributed by atoms with Gasteiger partial charge in [0.2, 0.25) is 0 Å². The van der Waals surface area contributed by atoms with Crippen LogP contribution < -0.4 is 0 Å². The van der Waals surface area contributed by atoms with Crippen molar-refractivity contribution < 1.29 is 13.2 Å². The Balaban J connectivity index is 3.08. The van der Waals surface area contributed by atoms with Crippen LogP contribution in [-0.2, 0) is 14.6 Å². The average molecular weight is 240 g/mol. The third kappa shape index (κ3) is 2.92. The highest BCUT2D eigenvalue weighted by Crippen LogP contribution is 2.22. The third-order valence-corrected chi connectivity index (χ3v) is 3.74. The van der Waals surface area contributed by atoms with Crippen LogP contribution in [0.4, 0.5) is 0 Å². The standard InChI is InChI=1S/C12H16O3S/c1-4-12(9(2)13)10-5-7-11(8-6-10)16(3,14)15/h5-8,12H,4H2,1-3H3. The van der Waals surface area contributed by atoms with Gasteiger partial charge in [0.1, 0.15) is 5.78 Å². The lowest BCUT2D eigenvalue weighted by atomic mass is 9.93. The predicted octanol–water partition coefficient (Wildman–Crippen LogP) is 2.17. The topological polar surface area (TPSA) is 51.2 Å². The Morgan fingerprint density at radius 1 is 1.25 bits per heavy atom. The quantitative estimate of drug-likeness (QED) is 0.810. The summed E-state index contributed by atoms with van der Waals surface area (Å²) in [6, 6.07) is 6.53. The van der Waals surface area contributed by atoms with Gasteiger partial charge in [-0.1, -0.05) is 19.1 Å². The largest absolute Gasteiger partial charge is 0.299 e. The molecule has 1 rings (SSSR count). The fourth-order valence-electron chi connectivity index (χ4n) is 1.71. The Bertz CT molecular complexity index is 471. The predicted molar refractivity (Wildman–Crippen MR) is 63.3 cm³/mol. The van der Waals surface area contributed by atoms with Crippen molar-refractivity contribution in [1.29, 1.82) is 0 Å². The minimum absolute atomic E-state index is 0.106. The first-order valence-corrected chi connectivity index (χ1v) is 7.06. The summed E-state index contributed by atoms with van der Waals surface area (Å²) >= 11 is 0. The molecule has 0 amide bonds. The summed E-state index contributed by atoms with van der Waals surface area (Å²) in [5.74, 6) is -0.0248. The lowest BCUT2D eigenvalue weighted by Gasteiger charge is -2.11. The summed E-state index contributed by atoms with van der Waals surface area (Å²) in [6.45, 7) is 3.50. The number of sulfone groups is 1. The molecule has 3 nitrogen and oxygen atoms in total. The highest BCUT2D eigenvalue weighted by Gasteiger charge is 2.15. The van der Waals surface area contributed by atoms with Crippen LogP contribution in [0.2, 0.25) is 0 Å². The van der Waals surface area contributed by atoms with Crippen LogP contribution in [0.5, 0.6) is 0 Å². The van der Waals surface area contributed by atoms with E-state index < -0.39 is 9.84 Å². The molecule has 4 heteroatoms. The number of ketones is 1. The first-order valence-electron chi connectivity index (χ1n) is 5.16. The zero-order chi connectivity index (χ0) is 12.3. The first kappa shape index (κ1) is 12.9. The van der Waals surface area contributed by atoms with E-state index in [4.69, 9.17) is 0 Å². The van der Waals surface area contributed by atoms with Crippen LogP contribution in [-0.4, -0.2) is 20.5 Å². The molecule has 0 heterocycles. The van der Waals surface area contributed by atoms with E-state index >= 15 is 0 Å². The first-order chi connectivity index (χ1) is 7.36. The molecule has 1 aromatic rings. The number of rotatable bonds is 4. The van der Waals surface area contributed by atoms with Crippen LogP contribution in [0.3, 0.4) is 0 Å². The van der Waals surface area contributed by atoms with Gasteiger partial charge in [-0.25, -0.2) is 8.42 Å². The molecule has 1 atom stereocenters. The van der Waals surface area contributed by atoms with Crippen molar-refractivity contribution in [2.45, 2.75) is 31.1 Å². The highest BCUT2D eigenvalue weighted by molar-refractivity contribution is 7.90. The van der Waals surface area contributed by atoms with Gasteiger partial charge in [-0.15, -0.1) is 0 Å². The summed E-state index contributed by atoms with van der Waals surface area (Å²) < 4.78 is 22.5. The molecule has 1 aromatic carbocycles. The van der Waals surface area contributed by atoms with Crippen LogP contribution in [0.15, 0.2) is 29.2 Å². The van der Waals surface area contributed by atoms with Crippen LogP contribution in [0.1, 0.15) is 31.7 Å². The van der Waals surface area contributed by atoms with Gasteiger partial charge in [0.05, 0.1) is 4.90 Å². The molecule has 0 fully saturated rings. The zero-order valence-corrected chi connectivity index (χ0v) is 10.5. The van der Waals surface area contributed by atoms with Crippen molar-refractivity contribution in [3.8, 4) is 0 Å². The fraction of sp³-hybridized carbons (Fsp3) is 0.417. The van der Waals surface area contributed by atoms with Gasteiger partial charge in [0, 0.05) is 12.2 Å². The zero-order valence-electron chi connectivity index (χ0n) is 9.73. The second-order valence-corrected chi connectivity index (χ2v) is 5.93. The molecule has 1 unspecified atom stereocenters. The monoisotopic (exact) mass is 240 g/mol. The van der Waals surface area contributed by atoms with Crippen molar-refractivity contribution in [3.63, 3.8) is 0 Å². The molecule has 0 saturated heterocycles. The second-order valence-electron chi connectivity index (χ2n) is 3.91. The maximum Gasteiger partial charge on any atom is 0.175 e. The van der Waals surface area contributed by atoms with Crippen LogP contribution in [0.25, 0.3) is 0 Å².